The van der Waals surface area contributed by atoms with Crippen molar-refractivity contribution >= 4 is 11.3 Å². The van der Waals surface area contributed by atoms with Crippen LogP contribution in [0.4, 0.5) is 0 Å². The Kier molecular flexibility index (Phi) is 2.88. The molecule has 4 heteroatoms. The van der Waals surface area contributed by atoms with Crippen molar-refractivity contribution < 1.29 is 0 Å². The van der Waals surface area contributed by atoms with Crippen LogP contribution in [0.3, 0.4) is 0 Å². The second kappa shape index (κ2) is 4.16. The molecule has 0 aliphatic rings. The molecule has 0 saturated heterocycles. The fourth-order valence-corrected chi connectivity index (χ4v) is 2.62. The Morgan fingerprint density at radius 2 is 2.27 bits per heavy atom. The molecule has 0 spiro atoms. The van der Waals surface area contributed by atoms with Crippen molar-refractivity contribution in [2.75, 3.05) is 7.05 Å². The van der Waals surface area contributed by atoms with Gasteiger partial charge in [0.25, 0.3) is 0 Å². The van der Waals surface area contributed by atoms with Gasteiger partial charge >= 0.3 is 0 Å². The lowest BCUT2D eigenvalue weighted by Gasteiger charge is -2.15. The van der Waals surface area contributed by atoms with Gasteiger partial charge in [-0.25, -0.2) is 4.98 Å². The van der Waals surface area contributed by atoms with E-state index in [1.807, 2.05) is 26.5 Å². The van der Waals surface area contributed by atoms with Gasteiger partial charge in [0, 0.05) is 19.4 Å². The fourth-order valence-electron chi connectivity index (χ4n) is 1.75. The highest BCUT2D eigenvalue weighted by Gasteiger charge is 2.18. The molecular formula is C11H15N3S. The molecule has 0 aromatic carbocycles. The number of hydrogen-bond donors (Lipinski definition) is 1. The summed E-state index contributed by atoms with van der Waals surface area (Å²) in [4.78, 5) is 4.39. The Labute approximate surface area is 93.8 Å². The van der Waals surface area contributed by atoms with Crippen LogP contribution in [0.15, 0.2) is 23.2 Å². The Bertz CT molecular complexity index is 404. The van der Waals surface area contributed by atoms with E-state index in [0.717, 1.165) is 5.82 Å². The summed E-state index contributed by atoms with van der Waals surface area (Å²) in [5.41, 5.74) is 2.64. The first-order valence-corrected chi connectivity index (χ1v) is 5.85. The molecule has 1 atom stereocenters. The first kappa shape index (κ1) is 10.4. The summed E-state index contributed by atoms with van der Waals surface area (Å²) in [6.45, 7) is 2.14. The van der Waals surface area contributed by atoms with Crippen molar-refractivity contribution in [2.45, 2.75) is 13.0 Å². The fraction of sp³-hybridized carbons (Fsp3) is 0.364. The van der Waals surface area contributed by atoms with E-state index in [0.29, 0.717) is 0 Å². The van der Waals surface area contributed by atoms with Crippen molar-refractivity contribution in [1.82, 2.24) is 14.9 Å². The van der Waals surface area contributed by atoms with Crippen LogP contribution in [-0.4, -0.2) is 16.6 Å². The Morgan fingerprint density at radius 1 is 1.47 bits per heavy atom. The minimum atomic E-state index is 0.191. The van der Waals surface area contributed by atoms with Crippen LogP contribution < -0.4 is 5.32 Å². The third-order valence-corrected chi connectivity index (χ3v) is 3.49. The van der Waals surface area contributed by atoms with E-state index in [1.165, 1.54) is 11.1 Å². The van der Waals surface area contributed by atoms with Gasteiger partial charge in [-0.3, -0.25) is 0 Å². The largest absolute Gasteiger partial charge is 0.336 e. The molecule has 0 saturated carbocycles. The first-order valence-electron chi connectivity index (χ1n) is 4.91. The molecule has 0 amide bonds. The quantitative estimate of drug-likeness (QED) is 0.860. The normalized spacial score (nSPS) is 13.0. The van der Waals surface area contributed by atoms with E-state index in [1.54, 1.807) is 11.3 Å². The van der Waals surface area contributed by atoms with Crippen LogP contribution >= 0.6 is 11.3 Å². The van der Waals surface area contributed by atoms with Crippen molar-refractivity contribution in [3.05, 3.63) is 40.1 Å². The van der Waals surface area contributed by atoms with E-state index < -0.39 is 0 Å². The second-order valence-electron chi connectivity index (χ2n) is 3.63. The molecule has 0 aliphatic heterocycles. The molecule has 80 valence electrons. The van der Waals surface area contributed by atoms with Gasteiger partial charge in [-0.1, -0.05) is 0 Å². The molecule has 1 unspecified atom stereocenters. The van der Waals surface area contributed by atoms with Gasteiger partial charge in [0.15, 0.2) is 0 Å². The number of aromatic nitrogens is 2. The summed E-state index contributed by atoms with van der Waals surface area (Å²) in [7, 11) is 3.99. The predicted molar refractivity (Wildman–Crippen MR) is 63.2 cm³/mol. The lowest BCUT2D eigenvalue weighted by molar-refractivity contribution is 0.616. The topological polar surface area (TPSA) is 29.9 Å². The summed E-state index contributed by atoms with van der Waals surface area (Å²) in [5, 5.41) is 7.67. The lowest BCUT2D eigenvalue weighted by atomic mass is 10.1. The zero-order chi connectivity index (χ0) is 10.8. The highest BCUT2D eigenvalue weighted by Crippen LogP contribution is 2.25. The summed E-state index contributed by atoms with van der Waals surface area (Å²) in [6, 6.07) is 0.191. The summed E-state index contributed by atoms with van der Waals surface area (Å²) in [5.74, 6) is 1.05. The standard InChI is InChI=1S/C11H15N3S/c1-8-6-15-7-9(8)10(12-2)11-13-4-5-14(11)3/h4-7,10,12H,1-3H3. The average molecular weight is 221 g/mol. The van der Waals surface area contributed by atoms with E-state index in [-0.39, 0.29) is 6.04 Å². The highest BCUT2D eigenvalue weighted by molar-refractivity contribution is 7.08. The molecule has 3 nitrogen and oxygen atoms in total. The molecule has 0 fully saturated rings. The number of aryl methyl sites for hydroxylation is 2. The second-order valence-corrected chi connectivity index (χ2v) is 4.37. The maximum absolute atomic E-state index is 4.39. The summed E-state index contributed by atoms with van der Waals surface area (Å²) >= 11 is 1.74. The molecule has 2 aromatic heterocycles. The first-order chi connectivity index (χ1) is 7.24. The van der Waals surface area contributed by atoms with Gasteiger partial charge in [0.05, 0.1) is 6.04 Å². The van der Waals surface area contributed by atoms with E-state index in [4.69, 9.17) is 0 Å². The SMILES string of the molecule is CNC(c1cscc1C)c1nccn1C. The lowest BCUT2D eigenvalue weighted by Crippen LogP contribution is -2.21. The maximum atomic E-state index is 4.39. The van der Waals surface area contributed by atoms with Gasteiger partial charge in [-0.05, 0) is 35.9 Å². The zero-order valence-corrected chi connectivity index (χ0v) is 10.0. The monoisotopic (exact) mass is 221 g/mol. The Hall–Kier alpha value is -1.13. The number of thiophene rings is 1. The highest BCUT2D eigenvalue weighted by atomic mass is 32.1. The Morgan fingerprint density at radius 3 is 2.73 bits per heavy atom. The molecule has 2 aromatic rings. The van der Waals surface area contributed by atoms with Crippen molar-refractivity contribution in [3.8, 4) is 0 Å². The van der Waals surface area contributed by atoms with Crippen molar-refractivity contribution in [3.63, 3.8) is 0 Å². The maximum Gasteiger partial charge on any atom is 0.130 e. The van der Waals surface area contributed by atoms with Gasteiger partial charge < -0.3 is 9.88 Å². The molecule has 1 N–H and O–H groups in total. The number of rotatable bonds is 3. The minimum Gasteiger partial charge on any atom is -0.336 e. The van der Waals surface area contributed by atoms with E-state index in [9.17, 15) is 0 Å². The molecular weight excluding hydrogens is 206 g/mol. The third-order valence-electron chi connectivity index (χ3n) is 2.61. The summed E-state index contributed by atoms with van der Waals surface area (Å²) < 4.78 is 2.05. The number of nitrogens with zero attached hydrogens (tertiary/aromatic N) is 2. The number of hydrogen-bond acceptors (Lipinski definition) is 3. The van der Waals surface area contributed by atoms with Gasteiger partial charge in [-0.15, -0.1) is 0 Å². The number of imidazole rings is 1. The molecule has 0 radical (unpaired) electrons. The Balaban J connectivity index is 2.41. The molecule has 2 rings (SSSR count). The van der Waals surface area contributed by atoms with Crippen molar-refractivity contribution in [2.24, 2.45) is 7.05 Å². The van der Waals surface area contributed by atoms with Crippen LogP contribution in [0.1, 0.15) is 23.0 Å². The third kappa shape index (κ3) is 1.82. The van der Waals surface area contributed by atoms with Crippen LogP contribution in [0.5, 0.6) is 0 Å². The minimum absolute atomic E-state index is 0.191. The van der Waals surface area contributed by atoms with Crippen molar-refractivity contribution in [1.29, 1.82) is 0 Å². The van der Waals surface area contributed by atoms with Crippen LogP contribution in [0.25, 0.3) is 0 Å². The number of nitrogens with one attached hydrogen (secondary N) is 1. The summed E-state index contributed by atoms with van der Waals surface area (Å²) in [6.07, 6.45) is 3.81. The average Bonchev–Trinajstić information content (AvgIpc) is 2.80. The van der Waals surface area contributed by atoms with E-state index >= 15 is 0 Å². The predicted octanol–water partition coefficient (Wildman–Crippen LogP) is 2.10. The van der Waals surface area contributed by atoms with E-state index in [2.05, 4.69) is 32.6 Å². The van der Waals surface area contributed by atoms with Crippen LogP contribution in [0, 0.1) is 6.92 Å². The molecule has 0 aliphatic carbocycles. The molecule has 2 heterocycles. The van der Waals surface area contributed by atoms with Crippen LogP contribution in [0.2, 0.25) is 0 Å². The molecule has 0 bridgehead atoms. The van der Waals surface area contributed by atoms with Gasteiger partial charge in [0.2, 0.25) is 0 Å². The van der Waals surface area contributed by atoms with Crippen LogP contribution in [-0.2, 0) is 7.05 Å². The van der Waals surface area contributed by atoms with Gasteiger partial charge in [0.1, 0.15) is 5.82 Å². The zero-order valence-electron chi connectivity index (χ0n) is 9.19. The van der Waals surface area contributed by atoms with Gasteiger partial charge in [-0.2, -0.15) is 11.3 Å². The smallest absolute Gasteiger partial charge is 0.130 e. The molecule has 15 heavy (non-hydrogen) atoms.